The number of aliphatic hydroxyl groups is 1. The molecular formula is C23H35N3O2. The van der Waals surface area contributed by atoms with E-state index in [-0.39, 0.29) is 11.8 Å². The Bertz CT molecular complexity index is 639. The first-order chi connectivity index (χ1) is 13.7. The fourth-order valence-electron chi connectivity index (χ4n) is 5.45. The maximum Gasteiger partial charge on any atom is 0.223 e. The average Bonchev–Trinajstić information content (AvgIpc) is 2.77. The monoisotopic (exact) mass is 385 g/mol. The lowest BCUT2D eigenvalue weighted by Gasteiger charge is -2.44. The summed E-state index contributed by atoms with van der Waals surface area (Å²) in [6, 6.07) is 10.7. The van der Waals surface area contributed by atoms with E-state index >= 15 is 0 Å². The van der Waals surface area contributed by atoms with Crippen LogP contribution in [0.5, 0.6) is 0 Å². The third-order valence-electron chi connectivity index (χ3n) is 7.23. The Hall–Kier alpha value is -1.43. The minimum absolute atomic E-state index is 0.0579. The van der Waals surface area contributed by atoms with Gasteiger partial charge >= 0.3 is 0 Å². The van der Waals surface area contributed by atoms with Gasteiger partial charge in [0.2, 0.25) is 5.91 Å². The van der Waals surface area contributed by atoms with Crippen molar-refractivity contribution in [2.75, 3.05) is 26.2 Å². The minimum atomic E-state index is -0.676. The topological polar surface area (TPSA) is 64.6 Å². The second kappa shape index (κ2) is 8.93. The highest BCUT2D eigenvalue weighted by Crippen LogP contribution is 2.33. The zero-order valence-corrected chi connectivity index (χ0v) is 16.9. The zero-order chi connectivity index (χ0) is 19.4. The van der Waals surface area contributed by atoms with Gasteiger partial charge in [-0.1, -0.05) is 49.6 Å². The number of nitrogens with one attached hydrogen (secondary N) is 2. The van der Waals surface area contributed by atoms with Gasteiger partial charge in [0.25, 0.3) is 0 Å². The first kappa shape index (κ1) is 19.9. The van der Waals surface area contributed by atoms with Crippen molar-refractivity contribution in [1.29, 1.82) is 0 Å². The van der Waals surface area contributed by atoms with Crippen molar-refractivity contribution >= 4 is 5.91 Å². The molecule has 1 aromatic carbocycles. The van der Waals surface area contributed by atoms with Gasteiger partial charge in [0.15, 0.2) is 0 Å². The van der Waals surface area contributed by atoms with E-state index in [1.165, 1.54) is 32.1 Å². The first-order valence-corrected chi connectivity index (χ1v) is 11.2. The number of benzene rings is 1. The predicted molar refractivity (Wildman–Crippen MR) is 111 cm³/mol. The lowest BCUT2D eigenvalue weighted by molar-refractivity contribution is -0.131. The van der Waals surface area contributed by atoms with Crippen molar-refractivity contribution in [3.05, 3.63) is 35.9 Å². The molecule has 1 aliphatic carbocycles. The smallest absolute Gasteiger partial charge is 0.223 e. The predicted octanol–water partition coefficient (Wildman–Crippen LogP) is 2.40. The number of nitrogens with zero attached hydrogens (tertiary/aromatic N) is 1. The molecule has 1 saturated carbocycles. The highest BCUT2D eigenvalue weighted by molar-refractivity contribution is 5.80. The summed E-state index contributed by atoms with van der Waals surface area (Å²) in [7, 11) is 0. The Balaban J connectivity index is 1.41. The van der Waals surface area contributed by atoms with E-state index in [1.54, 1.807) is 0 Å². The molecule has 2 atom stereocenters. The zero-order valence-electron chi connectivity index (χ0n) is 16.9. The van der Waals surface area contributed by atoms with Crippen LogP contribution in [0, 0.1) is 5.92 Å². The number of aliphatic hydroxyl groups excluding tert-OH is 1. The number of amides is 1. The van der Waals surface area contributed by atoms with Gasteiger partial charge in [-0.2, -0.15) is 0 Å². The maximum absolute atomic E-state index is 13.2. The van der Waals surface area contributed by atoms with E-state index in [1.807, 2.05) is 30.3 Å². The number of likely N-dealkylation sites (tertiary alicyclic amines) is 1. The van der Waals surface area contributed by atoms with E-state index in [2.05, 4.69) is 15.5 Å². The van der Waals surface area contributed by atoms with Crippen LogP contribution >= 0.6 is 0 Å². The van der Waals surface area contributed by atoms with Gasteiger partial charge in [-0.3, -0.25) is 4.79 Å². The molecule has 28 heavy (non-hydrogen) atoms. The van der Waals surface area contributed by atoms with Gasteiger partial charge in [0, 0.05) is 18.5 Å². The molecule has 0 unspecified atom stereocenters. The molecule has 0 bridgehead atoms. The molecule has 2 saturated heterocycles. The molecule has 154 valence electrons. The summed E-state index contributed by atoms with van der Waals surface area (Å²) < 4.78 is 0. The molecule has 0 radical (unpaired) electrons. The van der Waals surface area contributed by atoms with Crippen molar-refractivity contribution in [3.8, 4) is 0 Å². The highest BCUT2D eigenvalue weighted by Gasteiger charge is 2.44. The van der Waals surface area contributed by atoms with Crippen LogP contribution in [-0.2, 0) is 10.3 Å². The lowest BCUT2D eigenvalue weighted by Crippen LogP contribution is -2.62. The van der Waals surface area contributed by atoms with E-state index in [9.17, 15) is 9.90 Å². The van der Waals surface area contributed by atoms with Gasteiger partial charge in [0.05, 0.1) is 11.6 Å². The Morgan fingerprint density at radius 2 is 1.79 bits per heavy atom. The van der Waals surface area contributed by atoms with Gasteiger partial charge in [0.1, 0.15) is 0 Å². The second-order valence-electron chi connectivity index (χ2n) is 8.90. The number of β-amino-alcohol motifs (C(OH)–C–C–N with tert-alkyl or cyclic N) is 1. The van der Waals surface area contributed by atoms with Crippen LogP contribution in [0.15, 0.2) is 30.3 Å². The first-order valence-electron chi connectivity index (χ1n) is 11.2. The molecule has 0 aromatic heterocycles. The van der Waals surface area contributed by atoms with Crippen LogP contribution in [0.2, 0.25) is 0 Å². The molecule has 5 nitrogen and oxygen atoms in total. The number of hydrogen-bond donors (Lipinski definition) is 3. The maximum atomic E-state index is 13.2. The lowest BCUT2D eigenvalue weighted by atomic mass is 9.78. The third-order valence-corrected chi connectivity index (χ3v) is 7.23. The third kappa shape index (κ3) is 4.12. The molecule has 2 heterocycles. The van der Waals surface area contributed by atoms with Crippen LogP contribution in [0.1, 0.15) is 56.9 Å². The number of carbonyl (C=O) groups excluding carboxylic acids is 1. The molecule has 0 spiro atoms. The Morgan fingerprint density at radius 3 is 2.46 bits per heavy atom. The summed E-state index contributed by atoms with van der Waals surface area (Å²) in [6.45, 7) is 3.37. The van der Waals surface area contributed by atoms with Gasteiger partial charge < -0.3 is 20.6 Å². The quantitative estimate of drug-likeness (QED) is 0.745. The molecular weight excluding hydrogens is 350 g/mol. The molecule has 2 aliphatic heterocycles. The summed E-state index contributed by atoms with van der Waals surface area (Å²) in [5.41, 5.74) is 0.335. The number of carbonyl (C=O) groups is 1. The normalized spacial score (nSPS) is 30.8. The molecule has 3 N–H and O–H groups in total. The van der Waals surface area contributed by atoms with Crippen LogP contribution in [0.4, 0.5) is 0 Å². The van der Waals surface area contributed by atoms with Crippen LogP contribution in [0.3, 0.4) is 0 Å². The summed E-state index contributed by atoms with van der Waals surface area (Å²) in [5, 5.41) is 17.4. The molecule has 1 aromatic rings. The fourth-order valence-corrected chi connectivity index (χ4v) is 5.45. The van der Waals surface area contributed by atoms with Crippen molar-refractivity contribution in [2.24, 2.45) is 5.92 Å². The van der Waals surface area contributed by atoms with Crippen LogP contribution in [-0.4, -0.2) is 54.2 Å². The number of rotatable bonds is 4. The fraction of sp³-hybridized carbons (Fsp3) is 0.696. The Kier molecular flexibility index (Phi) is 6.34. The molecule has 4 rings (SSSR count). The second-order valence-corrected chi connectivity index (χ2v) is 8.90. The summed E-state index contributed by atoms with van der Waals surface area (Å²) >= 11 is 0. The summed E-state index contributed by atoms with van der Waals surface area (Å²) in [4.78, 5) is 15.8. The SMILES string of the molecule is O=C(N[C@@]1(c2ccccc2)CCNC[C@H]1O)C1CCN(C2CCCCC2)CC1. The van der Waals surface area contributed by atoms with E-state index in [0.717, 1.165) is 44.1 Å². The van der Waals surface area contributed by atoms with Crippen LogP contribution in [0.25, 0.3) is 0 Å². The van der Waals surface area contributed by atoms with Crippen molar-refractivity contribution in [1.82, 2.24) is 15.5 Å². The minimum Gasteiger partial charge on any atom is -0.389 e. The summed E-state index contributed by atoms with van der Waals surface area (Å²) in [5.74, 6) is 0.176. The standard InChI is InChI=1S/C23H35N3O2/c27-21-17-24-14-13-23(21,19-7-3-1-4-8-19)25-22(28)18-11-15-26(16-12-18)20-9-5-2-6-10-20/h1,3-4,7-8,18,20-21,24,27H,2,5-6,9-17H2,(H,25,28)/t21-,23-/m1/s1. The Labute approximate surface area is 168 Å². The van der Waals surface area contributed by atoms with Gasteiger partial charge in [-0.05, 0) is 57.3 Å². The highest BCUT2D eigenvalue weighted by atomic mass is 16.3. The van der Waals surface area contributed by atoms with E-state index < -0.39 is 11.6 Å². The average molecular weight is 386 g/mol. The van der Waals surface area contributed by atoms with E-state index in [4.69, 9.17) is 0 Å². The Morgan fingerprint density at radius 1 is 1.07 bits per heavy atom. The van der Waals surface area contributed by atoms with Gasteiger partial charge in [-0.25, -0.2) is 0 Å². The number of hydrogen-bond acceptors (Lipinski definition) is 4. The van der Waals surface area contributed by atoms with Gasteiger partial charge in [-0.15, -0.1) is 0 Å². The summed E-state index contributed by atoms with van der Waals surface area (Å²) in [6.07, 6.45) is 8.71. The molecule has 1 amide bonds. The molecule has 3 aliphatic rings. The van der Waals surface area contributed by atoms with Crippen LogP contribution < -0.4 is 10.6 Å². The molecule has 5 heteroatoms. The van der Waals surface area contributed by atoms with Crippen molar-refractivity contribution in [3.63, 3.8) is 0 Å². The van der Waals surface area contributed by atoms with E-state index in [0.29, 0.717) is 13.0 Å². The number of piperidine rings is 2. The van der Waals surface area contributed by atoms with Crippen molar-refractivity contribution in [2.45, 2.75) is 69.1 Å². The largest absolute Gasteiger partial charge is 0.389 e. The molecule has 3 fully saturated rings. The van der Waals surface area contributed by atoms with Crippen molar-refractivity contribution < 1.29 is 9.90 Å².